The Hall–Kier alpha value is -7.36. The predicted octanol–water partition coefficient (Wildman–Crippen LogP) is 17.2. The summed E-state index contributed by atoms with van der Waals surface area (Å²) in [4.78, 5) is 2.46. The van der Waals surface area contributed by atoms with Gasteiger partial charge in [-0.25, -0.2) is 0 Å². The van der Waals surface area contributed by atoms with Crippen molar-refractivity contribution in [3.63, 3.8) is 0 Å². The Morgan fingerprint density at radius 2 is 0.967 bits per heavy atom. The van der Waals surface area contributed by atoms with Crippen molar-refractivity contribution in [2.24, 2.45) is 0 Å². The minimum absolute atomic E-state index is 0.569. The Bertz CT molecular complexity index is 3410. The fourth-order valence-electron chi connectivity index (χ4n) is 10.2. The lowest BCUT2D eigenvalue weighted by Crippen LogP contribution is -2.12. The van der Waals surface area contributed by atoms with Crippen LogP contribution < -0.4 is 4.90 Å². The van der Waals surface area contributed by atoms with E-state index in [0.29, 0.717) is 5.92 Å². The van der Waals surface area contributed by atoms with Gasteiger partial charge in [-0.1, -0.05) is 165 Å². The van der Waals surface area contributed by atoms with Crippen LogP contribution in [-0.4, -0.2) is 0 Å². The Labute approximate surface area is 355 Å². The number of rotatable bonds is 7. The van der Waals surface area contributed by atoms with E-state index in [1.807, 2.05) is 18.2 Å². The van der Waals surface area contributed by atoms with Gasteiger partial charge in [0.25, 0.3) is 0 Å². The first-order chi connectivity index (χ1) is 30.3. The molecule has 11 aromatic rings. The fraction of sp³-hybridized carbons (Fsp3) is 0.103. The van der Waals surface area contributed by atoms with Gasteiger partial charge >= 0.3 is 0 Å². The van der Waals surface area contributed by atoms with Crippen LogP contribution in [0.3, 0.4) is 0 Å². The molecule has 0 aliphatic heterocycles. The Kier molecular flexibility index (Phi) is 8.59. The van der Waals surface area contributed by atoms with E-state index in [9.17, 15) is 0 Å². The summed E-state index contributed by atoms with van der Waals surface area (Å²) in [5.41, 5.74) is 15.3. The summed E-state index contributed by atoms with van der Waals surface area (Å²) < 4.78 is 13.0. The molecule has 2 aromatic heterocycles. The van der Waals surface area contributed by atoms with Crippen molar-refractivity contribution in [1.82, 2.24) is 0 Å². The molecule has 0 bridgehead atoms. The highest BCUT2D eigenvalue weighted by molar-refractivity contribution is 6.10. The van der Waals surface area contributed by atoms with Gasteiger partial charge in [-0.3, -0.25) is 0 Å². The minimum atomic E-state index is 0.569. The van der Waals surface area contributed by atoms with Crippen LogP contribution >= 0.6 is 0 Å². The van der Waals surface area contributed by atoms with Gasteiger partial charge in [0.1, 0.15) is 22.3 Å². The Morgan fingerprint density at radius 3 is 1.77 bits per heavy atom. The second kappa shape index (κ2) is 14.7. The molecule has 0 atom stereocenters. The van der Waals surface area contributed by atoms with Gasteiger partial charge in [-0.2, -0.15) is 0 Å². The Balaban J connectivity index is 1.06. The average Bonchev–Trinajstić information content (AvgIpc) is 3.90. The van der Waals surface area contributed by atoms with Gasteiger partial charge in [-0.05, 0) is 100 Å². The van der Waals surface area contributed by atoms with Crippen LogP contribution in [0.4, 0.5) is 17.1 Å². The normalized spacial score (nSPS) is 13.5. The third-order valence-corrected chi connectivity index (χ3v) is 13.1. The van der Waals surface area contributed by atoms with Crippen molar-refractivity contribution in [3.05, 3.63) is 200 Å². The van der Waals surface area contributed by atoms with Gasteiger partial charge in [0.2, 0.25) is 0 Å². The first-order valence-corrected chi connectivity index (χ1v) is 21.7. The largest absolute Gasteiger partial charge is 0.456 e. The van der Waals surface area contributed by atoms with E-state index < -0.39 is 0 Å². The number of furan rings is 2. The van der Waals surface area contributed by atoms with Crippen LogP contribution in [-0.2, 0) is 0 Å². The number of anilines is 3. The molecule has 1 saturated carbocycles. The third kappa shape index (κ3) is 6.03. The molecular formula is C58H43NO2. The van der Waals surface area contributed by atoms with Crippen LogP contribution in [0, 0.1) is 0 Å². The maximum absolute atomic E-state index is 6.50. The van der Waals surface area contributed by atoms with Crippen molar-refractivity contribution < 1.29 is 8.83 Å². The van der Waals surface area contributed by atoms with E-state index in [0.717, 1.165) is 83.2 Å². The molecule has 0 N–H and O–H groups in total. The quantitative estimate of drug-likeness (QED) is 0.161. The van der Waals surface area contributed by atoms with Crippen LogP contribution in [0.2, 0.25) is 0 Å². The SMILES string of the molecule is c1ccc(N(c2ccc(-c3cccc4c3oc3ccccc34)cc2)c2ccccc2-c2cccc3cccc(C4CCCCC4)c23)c(-c2ccc3c(c2)oc2ccccc23)c1. The first kappa shape index (κ1) is 35.6. The highest BCUT2D eigenvalue weighted by atomic mass is 16.3. The molecule has 3 heteroatoms. The van der Waals surface area contributed by atoms with E-state index in [-0.39, 0.29) is 0 Å². The summed E-state index contributed by atoms with van der Waals surface area (Å²) in [6.07, 6.45) is 6.42. The maximum Gasteiger partial charge on any atom is 0.143 e. The molecule has 0 radical (unpaired) electrons. The molecule has 292 valence electrons. The molecule has 0 unspecified atom stereocenters. The number of benzene rings is 9. The summed E-state index contributed by atoms with van der Waals surface area (Å²) in [7, 11) is 0. The van der Waals surface area contributed by atoms with Crippen LogP contribution in [0.1, 0.15) is 43.6 Å². The lowest BCUT2D eigenvalue weighted by Gasteiger charge is -2.31. The summed E-state index contributed by atoms with van der Waals surface area (Å²) in [6.45, 7) is 0. The van der Waals surface area contributed by atoms with Crippen LogP contribution in [0.25, 0.3) is 88.0 Å². The zero-order valence-corrected chi connectivity index (χ0v) is 33.9. The number of fused-ring (bicyclic) bond motifs is 7. The maximum atomic E-state index is 6.50. The fourth-order valence-corrected chi connectivity index (χ4v) is 10.2. The number of hydrogen-bond donors (Lipinski definition) is 0. The van der Waals surface area contributed by atoms with Crippen LogP contribution in [0.15, 0.2) is 203 Å². The molecule has 0 spiro atoms. The van der Waals surface area contributed by atoms with Crippen molar-refractivity contribution >= 4 is 71.7 Å². The molecule has 0 saturated heterocycles. The lowest BCUT2D eigenvalue weighted by atomic mass is 9.80. The topological polar surface area (TPSA) is 29.5 Å². The molecule has 9 aromatic carbocycles. The van der Waals surface area contributed by atoms with Crippen molar-refractivity contribution in [3.8, 4) is 33.4 Å². The standard InChI is InChI=1S/C58H43NO2/c1-2-15-38(16-3-1)44-23-12-17-40-18-13-25-50(57(40)44)46-20-5-9-28-53(46)59(42-34-31-39(32-35-42)45-24-14-26-51-48-22-7-11-30-55(48)61-58(45)51)52-27-8-4-19-43(52)41-33-36-49-47-21-6-10-29-54(47)60-56(49)37-41/h4-14,17-38H,1-3,15-16H2. The molecule has 1 fully saturated rings. The number of nitrogens with zero attached hydrogens (tertiary/aromatic N) is 1. The van der Waals surface area contributed by atoms with Crippen molar-refractivity contribution in [2.75, 3.05) is 4.90 Å². The average molecular weight is 786 g/mol. The molecule has 0 amide bonds. The molecule has 1 aliphatic carbocycles. The number of para-hydroxylation sites is 5. The van der Waals surface area contributed by atoms with E-state index in [1.54, 1.807) is 0 Å². The monoisotopic (exact) mass is 785 g/mol. The van der Waals surface area contributed by atoms with Crippen molar-refractivity contribution in [2.45, 2.75) is 38.0 Å². The van der Waals surface area contributed by atoms with Crippen LogP contribution in [0.5, 0.6) is 0 Å². The highest BCUT2D eigenvalue weighted by Crippen LogP contribution is 2.48. The summed E-state index contributed by atoms with van der Waals surface area (Å²) >= 11 is 0. The molecule has 61 heavy (non-hydrogen) atoms. The van der Waals surface area contributed by atoms with Crippen molar-refractivity contribution in [1.29, 1.82) is 0 Å². The van der Waals surface area contributed by atoms with Gasteiger partial charge in [0.15, 0.2) is 0 Å². The lowest BCUT2D eigenvalue weighted by molar-refractivity contribution is 0.445. The second-order valence-electron chi connectivity index (χ2n) is 16.6. The second-order valence-corrected chi connectivity index (χ2v) is 16.6. The first-order valence-electron chi connectivity index (χ1n) is 21.7. The zero-order chi connectivity index (χ0) is 40.3. The van der Waals surface area contributed by atoms with Gasteiger partial charge in [0.05, 0.1) is 11.4 Å². The zero-order valence-electron chi connectivity index (χ0n) is 33.9. The molecule has 3 nitrogen and oxygen atoms in total. The van der Waals surface area contributed by atoms with Gasteiger partial charge < -0.3 is 13.7 Å². The van der Waals surface area contributed by atoms with E-state index >= 15 is 0 Å². The van der Waals surface area contributed by atoms with E-state index in [4.69, 9.17) is 8.83 Å². The minimum Gasteiger partial charge on any atom is -0.456 e. The molecule has 12 rings (SSSR count). The van der Waals surface area contributed by atoms with Gasteiger partial charge in [0, 0.05) is 43.9 Å². The van der Waals surface area contributed by atoms with E-state index in [2.05, 4.69) is 181 Å². The number of hydrogen-bond acceptors (Lipinski definition) is 3. The van der Waals surface area contributed by atoms with E-state index in [1.165, 1.54) is 59.6 Å². The van der Waals surface area contributed by atoms with Gasteiger partial charge in [-0.15, -0.1) is 0 Å². The molecular weight excluding hydrogens is 743 g/mol. The third-order valence-electron chi connectivity index (χ3n) is 13.1. The smallest absolute Gasteiger partial charge is 0.143 e. The highest BCUT2D eigenvalue weighted by Gasteiger charge is 2.24. The summed E-state index contributed by atoms with van der Waals surface area (Å²) in [5.74, 6) is 0.569. The molecule has 1 aliphatic rings. The summed E-state index contributed by atoms with van der Waals surface area (Å²) in [5, 5.41) is 7.20. The predicted molar refractivity (Wildman–Crippen MR) is 255 cm³/mol. The summed E-state index contributed by atoms with van der Waals surface area (Å²) in [6, 6.07) is 70.3. The Morgan fingerprint density at radius 1 is 0.393 bits per heavy atom. The molecule has 2 heterocycles.